The van der Waals surface area contributed by atoms with Gasteiger partial charge in [-0.05, 0) is 25.1 Å². The van der Waals surface area contributed by atoms with Gasteiger partial charge in [-0.25, -0.2) is 4.98 Å². The van der Waals surface area contributed by atoms with Crippen molar-refractivity contribution in [3.8, 4) is 5.75 Å². The summed E-state index contributed by atoms with van der Waals surface area (Å²) in [6, 6.07) is 8.24. The van der Waals surface area contributed by atoms with Crippen molar-refractivity contribution in [3.63, 3.8) is 0 Å². The smallest absolute Gasteiger partial charge is 0.273 e. The first kappa shape index (κ1) is 16.1. The molecule has 6 heteroatoms. The Morgan fingerprint density at radius 3 is 2.80 bits per heavy atom. The quantitative estimate of drug-likeness (QED) is 0.721. The number of hydrogen-bond acceptors (Lipinski definition) is 4. The van der Waals surface area contributed by atoms with E-state index in [1.54, 1.807) is 0 Å². The molecule has 5 nitrogen and oxygen atoms in total. The van der Waals surface area contributed by atoms with Crippen molar-refractivity contribution in [1.82, 2.24) is 14.5 Å². The minimum Gasteiger partial charge on any atom is -0.490 e. The zero-order valence-corrected chi connectivity index (χ0v) is 15.3. The van der Waals surface area contributed by atoms with E-state index in [4.69, 9.17) is 4.74 Å². The molecule has 1 aromatic carbocycles. The van der Waals surface area contributed by atoms with Crippen molar-refractivity contribution in [1.29, 1.82) is 0 Å². The van der Waals surface area contributed by atoms with Crippen LogP contribution >= 0.6 is 11.3 Å². The number of aryl methyl sites for hydroxylation is 2. The topological polar surface area (TPSA) is 47.4 Å². The van der Waals surface area contributed by atoms with Crippen LogP contribution in [0.5, 0.6) is 5.75 Å². The Labute approximate surface area is 150 Å². The first-order valence-electron chi connectivity index (χ1n) is 8.54. The molecule has 1 amide bonds. The molecule has 1 fully saturated rings. The molecule has 0 saturated carbocycles. The van der Waals surface area contributed by atoms with Gasteiger partial charge in [0.05, 0.1) is 10.5 Å². The molecule has 4 rings (SSSR count). The minimum absolute atomic E-state index is 0.0351. The molecular formula is C19H21N3O2S. The van der Waals surface area contributed by atoms with E-state index in [-0.39, 0.29) is 12.0 Å². The van der Waals surface area contributed by atoms with E-state index in [2.05, 4.69) is 27.9 Å². The number of piperidine rings is 1. The summed E-state index contributed by atoms with van der Waals surface area (Å²) in [5.41, 5.74) is 1.74. The fraction of sp³-hybridized carbons (Fsp3) is 0.368. The number of hydrogen-bond donors (Lipinski definition) is 0. The summed E-state index contributed by atoms with van der Waals surface area (Å²) < 4.78 is 8.35. The first-order chi connectivity index (χ1) is 12.1. The third-order valence-corrected chi connectivity index (χ3v) is 5.52. The molecule has 0 spiro atoms. The van der Waals surface area contributed by atoms with E-state index in [0.717, 1.165) is 29.0 Å². The Morgan fingerprint density at radius 2 is 2.08 bits per heavy atom. The standard InChI is InChI=1S/C19H21N3O2S/c1-13-20-16(12-25-13)19(23)22-10-6-14(7-11-22)24-18-5-3-4-17-15(18)8-9-21(17)2/h3-5,8-9,12,14H,6-7,10-11H2,1-2H3. The maximum atomic E-state index is 12.5. The number of aromatic nitrogens is 2. The lowest BCUT2D eigenvalue weighted by molar-refractivity contribution is 0.0593. The number of amides is 1. The third-order valence-electron chi connectivity index (χ3n) is 4.75. The molecule has 130 valence electrons. The van der Waals surface area contributed by atoms with Gasteiger partial charge in [-0.1, -0.05) is 6.07 Å². The number of benzene rings is 1. The van der Waals surface area contributed by atoms with Gasteiger partial charge in [-0.2, -0.15) is 0 Å². The zero-order chi connectivity index (χ0) is 17.4. The molecule has 25 heavy (non-hydrogen) atoms. The van der Waals surface area contributed by atoms with Crippen LogP contribution in [0, 0.1) is 6.92 Å². The zero-order valence-electron chi connectivity index (χ0n) is 14.4. The van der Waals surface area contributed by atoms with E-state index in [0.29, 0.717) is 18.8 Å². The molecule has 0 atom stereocenters. The van der Waals surface area contributed by atoms with Crippen LogP contribution in [0.1, 0.15) is 28.3 Å². The van der Waals surface area contributed by atoms with Gasteiger partial charge in [0.2, 0.25) is 0 Å². The number of fused-ring (bicyclic) bond motifs is 1. The molecule has 0 unspecified atom stereocenters. The maximum Gasteiger partial charge on any atom is 0.273 e. The SMILES string of the molecule is Cc1nc(C(=O)N2CCC(Oc3cccc4c3ccn4C)CC2)cs1. The van der Waals surface area contributed by atoms with Crippen LogP contribution in [0.2, 0.25) is 0 Å². The van der Waals surface area contributed by atoms with E-state index in [1.165, 1.54) is 16.9 Å². The van der Waals surface area contributed by atoms with Gasteiger partial charge >= 0.3 is 0 Å². The summed E-state index contributed by atoms with van der Waals surface area (Å²) in [5, 5.41) is 3.91. The van der Waals surface area contributed by atoms with E-state index in [9.17, 15) is 4.79 Å². The molecule has 0 aliphatic carbocycles. The van der Waals surface area contributed by atoms with Crippen molar-refractivity contribution in [2.24, 2.45) is 7.05 Å². The van der Waals surface area contributed by atoms with Gasteiger partial charge in [0.25, 0.3) is 5.91 Å². The minimum atomic E-state index is 0.0351. The van der Waals surface area contributed by atoms with E-state index >= 15 is 0 Å². The van der Waals surface area contributed by atoms with Crippen molar-refractivity contribution in [3.05, 3.63) is 46.5 Å². The number of ether oxygens (including phenoxy) is 1. The molecule has 0 N–H and O–H groups in total. The van der Waals surface area contributed by atoms with E-state index < -0.39 is 0 Å². The van der Waals surface area contributed by atoms with Gasteiger partial charge in [-0.15, -0.1) is 11.3 Å². The van der Waals surface area contributed by atoms with Gasteiger partial charge in [0.15, 0.2) is 0 Å². The number of nitrogens with zero attached hydrogens (tertiary/aromatic N) is 3. The molecule has 1 aliphatic rings. The highest BCUT2D eigenvalue weighted by atomic mass is 32.1. The highest BCUT2D eigenvalue weighted by Gasteiger charge is 2.26. The lowest BCUT2D eigenvalue weighted by Gasteiger charge is -2.32. The van der Waals surface area contributed by atoms with Gasteiger partial charge < -0.3 is 14.2 Å². The summed E-state index contributed by atoms with van der Waals surface area (Å²) >= 11 is 1.52. The maximum absolute atomic E-state index is 12.5. The number of likely N-dealkylation sites (tertiary alicyclic amines) is 1. The summed E-state index contributed by atoms with van der Waals surface area (Å²) in [6.07, 6.45) is 3.89. The molecular weight excluding hydrogens is 334 g/mol. The highest BCUT2D eigenvalue weighted by Crippen LogP contribution is 2.29. The monoisotopic (exact) mass is 355 g/mol. The molecule has 1 aliphatic heterocycles. The van der Waals surface area contributed by atoms with Crippen LogP contribution < -0.4 is 4.74 Å². The second-order valence-electron chi connectivity index (χ2n) is 6.48. The normalized spacial score (nSPS) is 15.7. The average molecular weight is 355 g/mol. The summed E-state index contributed by atoms with van der Waals surface area (Å²) in [6.45, 7) is 3.35. The number of carbonyl (C=O) groups is 1. The molecule has 0 radical (unpaired) electrons. The van der Waals surface area contributed by atoms with Crippen LogP contribution in [0.15, 0.2) is 35.8 Å². The Kier molecular flexibility index (Phi) is 4.21. The second kappa shape index (κ2) is 6.52. The van der Waals surface area contributed by atoms with Gasteiger partial charge in [0.1, 0.15) is 17.5 Å². The Balaban J connectivity index is 1.41. The van der Waals surface area contributed by atoms with Gasteiger partial charge in [-0.3, -0.25) is 4.79 Å². The van der Waals surface area contributed by atoms with Crippen molar-refractivity contribution < 1.29 is 9.53 Å². The lowest BCUT2D eigenvalue weighted by atomic mass is 10.1. The number of thiazole rings is 1. The van der Waals surface area contributed by atoms with Crippen molar-refractivity contribution in [2.45, 2.75) is 25.9 Å². The average Bonchev–Trinajstić information content (AvgIpc) is 3.22. The summed E-state index contributed by atoms with van der Waals surface area (Å²) in [4.78, 5) is 18.7. The third kappa shape index (κ3) is 3.14. The molecule has 1 saturated heterocycles. The van der Waals surface area contributed by atoms with Crippen LogP contribution in [0.3, 0.4) is 0 Å². The summed E-state index contributed by atoms with van der Waals surface area (Å²) in [5.74, 6) is 0.964. The Morgan fingerprint density at radius 1 is 1.28 bits per heavy atom. The Hall–Kier alpha value is -2.34. The molecule has 0 bridgehead atoms. The number of rotatable bonds is 3. The molecule has 3 heterocycles. The van der Waals surface area contributed by atoms with Crippen LogP contribution in [-0.4, -0.2) is 39.6 Å². The van der Waals surface area contributed by atoms with Crippen LogP contribution in [0.4, 0.5) is 0 Å². The Bertz CT molecular complexity index is 906. The fourth-order valence-corrected chi connectivity index (χ4v) is 3.94. The van der Waals surface area contributed by atoms with Gasteiger partial charge in [0, 0.05) is 49.9 Å². The second-order valence-corrected chi connectivity index (χ2v) is 7.54. The first-order valence-corrected chi connectivity index (χ1v) is 9.42. The van der Waals surface area contributed by atoms with Crippen LogP contribution in [-0.2, 0) is 7.05 Å². The van der Waals surface area contributed by atoms with E-state index in [1.807, 2.05) is 36.4 Å². The molecule has 2 aromatic heterocycles. The fourth-order valence-electron chi connectivity index (χ4n) is 3.36. The highest BCUT2D eigenvalue weighted by molar-refractivity contribution is 7.09. The van der Waals surface area contributed by atoms with Crippen molar-refractivity contribution >= 4 is 28.1 Å². The summed E-state index contributed by atoms with van der Waals surface area (Å²) in [7, 11) is 2.04. The predicted molar refractivity (Wildman–Crippen MR) is 99.3 cm³/mol. The predicted octanol–water partition coefficient (Wildman–Crippen LogP) is 3.63. The van der Waals surface area contributed by atoms with Crippen molar-refractivity contribution in [2.75, 3.05) is 13.1 Å². The number of carbonyl (C=O) groups excluding carboxylic acids is 1. The largest absolute Gasteiger partial charge is 0.490 e. The lowest BCUT2D eigenvalue weighted by Crippen LogP contribution is -2.41. The molecule has 3 aromatic rings. The van der Waals surface area contributed by atoms with Crippen LogP contribution in [0.25, 0.3) is 10.9 Å².